The molecule has 0 spiro atoms. The SMILES string of the molecule is Fc1ccc(Br)cc1OCc1nccn1C(F)F. The third-order valence-electron chi connectivity index (χ3n) is 2.21. The minimum atomic E-state index is -2.70. The Morgan fingerprint density at radius 3 is 2.89 bits per heavy atom. The number of benzene rings is 1. The second-order valence-electron chi connectivity index (χ2n) is 3.39. The Bertz CT molecular complexity index is 545. The molecular formula is C11H8BrF3N2O. The number of rotatable bonds is 4. The fourth-order valence-corrected chi connectivity index (χ4v) is 1.70. The van der Waals surface area contributed by atoms with Gasteiger partial charge in [0.2, 0.25) is 0 Å². The Morgan fingerprint density at radius 1 is 1.39 bits per heavy atom. The van der Waals surface area contributed by atoms with E-state index in [9.17, 15) is 13.2 Å². The highest BCUT2D eigenvalue weighted by molar-refractivity contribution is 9.10. The number of hydrogen-bond acceptors (Lipinski definition) is 2. The smallest absolute Gasteiger partial charge is 0.320 e. The van der Waals surface area contributed by atoms with Crippen LogP contribution in [0.4, 0.5) is 13.2 Å². The first-order valence-electron chi connectivity index (χ1n) is 4.95. The normalized spacial score (nSPS) is 10.9. The number of imidazole rings is 1. The average molecular weight is 321 g/mol. The number of alkyl halides is 2. The van der Waals surface area contributed by atoms with Crippen LogP contribution in [0.2, 0.25) is 0 Å². The molecule has 0 aliphatic carbocycles. The Hall–Kier alpha value is -1.50. The van der Waals surface area contributed by atoms with Gasteiger partial charge in [0.05, 0.1) is 0 Å². The maximum Gasteiger partial charge on any atom is 0.320 e. The molecule has 0 radical (unpaired) electrons. The molecule has 1 aromatic heterocycles. The van der Waals surface area contributed by atoms with Crippen LogP contribution >= 0.6 is 15.9 Å². The quantitative estimate of drug-likeness (QED) is 0.857. The van der Waals surface area contributed by atoms with Crippen molar-refractivity contribution in [3.05, 3.63) is 46.7 Å². The highest BCUT2D eigenvalue weighted by Crippen LogP contribution is 2.23. The van der Waals surface area contributed by atoms with Crippen LogP contribution in [-0.4, -0.2) is 9.55 Å². The molecule has 0 saturated carbocycles. The average Bonchev–Trinajstić information content (AvgIpc) is 2.79. The first-order valence-corrected chi connectivity index (χ1v) is 5.75. The molecule has 0 unspecified atom stereocenters. The van der Waals surface area contributed by atoms with Gasteiger partial charge in [0, 0.05) is 16.9 Å². The molecule has 0 fully saturated rings. The molecule has 0 amide bonds. The van der Waals surface area contributed by atoms with Gasteiger partial charge in [-0.3, -0.25) is 4.57 Å². The standard InChI is InChI=1S/C11H8BrF3N2O/c12-7-1-2-8(13)9(5-7)18-6-10-16-3-4-17(10)11(14)15/h1-5,11H,6H2. The van der Waals surface area contributed by atoms with Crippen molar-refractivity contribution in [2.75, 3.05) is 0 Å². The molecule has 2 aromatic rings. The first kappa shape index (κ1) is 12.9. The minimum absolute atomic E-state index is 0.0202. The van der Waals surface area contributed by atoms with Crippen molar-refractivity contribution < 1.29 is 17.9 Å². The lowest BCUT2D eigenvalue weighted by atomic mass is 10.3. The molecule has 2 rings (SSSR count). The summed E-state index contributed by atoms with van der Waals surface area (Å²) >= 11 is 3.17. The van der Waals surface area contributed by atoms with Gasteiger partial charge in [0.15, 0.2) is 17.4 Å². The molecule has 0 aliphatic heterocycles. The van der Waals surface area contributed by atoms with Crippen molar-refractivity contribution in [1.82, 2.24) is 9.55 Å². The Morgan fingerprint density at radius 2 is 2.17 bits per heavy atom. The molecule has 18 heavy (non-hydrogen) atoms. The van der Waals surface area contributed by atoms with Gasteiger partial charge in [0.1, 0.15) is 6.61 Å². The van der Waals surface area contributed by atoms with Gasteiger partial charge in [-0.15, -0.1) is 0 Å². The fraction of sp³-hybridized carbons (Fsp3) is 0.182. The van der Waals surface area contributed by atoms with Gasteiger partial charge >= 0.3 is 6.55 Å². The molecular weight excluding hydrogens is 313 g/mol. The van der Waals surface area contributed by atoms with E-state index in [0.29, 0.717) is 9.04 Å². The van der Waals surface area contributed by atoms with Crippen LogP contribution in [0.3, 0.4) is 0 Å². The van der Waals surface area contributed by atoms with Gasteiger partial charge in [-0.25, -0.2) is 9.37 Å². The molecule has 0 bridgehead atoms. The van der Waals surface area contributed by atoms with Crippen LogP contribution in [-0.2, 0) is 6.61 Å². The molecule has 3 nitrogen and oxygen atoms in total. The zero-order valence-electron chi connectivity index (χ0n) is 8.99. The van der Waals surface area contributed by atoms with Gasteiger partial charge in [-0.05, 0) is 18.2 Å². The lowest BCUT2D eigenvalue weighted by Crippen LogP contribution is -2.07. The predicted molar refractivity (Wildman–Crippen MR) is 61.9 cm³/mol. The molecule has 96 valence electrons. The summed E-state index contributed by atoms with van der Waals surface area (Å²) in [6.45, 7) is -2.93. The Kier molecular flexibility index (Phi) is 3.90. The molecule has 0 saturated heterocycles. The molecule has 7 heteroatoms. The maximum absolute atomic E-state index is 13.3. The number of aromatic nitrogens is 2. The molecule has 1 heterocycles. The summed E-state index contributed by atoms with van der Waals surface area (Å²) in [4.78, 5) is 3.73. The topological polar surface area (TPSA) is 27.1 Å². The van der Waals surface area contributed by atoms with Crippen LogP contribution in [0.25, 0.3) is 0 Å². The van der Waals surface area contributed by atoms with E-state index in [1.165, 1.54) is 24.4 Å². The minimum Gasteiger partial charge on any atom is -0.483 e. The summed E-state index contributed by atoms with van der Waals surface area (Å²) in [5.41, 5.74) is 0. The molecule has 0 atom stereocenters. The van der Waals surface area contributed by atoms with Gasteiger partial charge < -0.3 is 4.74 Å². The van der Waals surface area contributed by atoms with Crippen LogP contribution in [0.15, 0.2) is 35.1 Å². The summed E-state index contributed by atoms with van der Waals surface area (Å²) in [5.74, 6) is -0.550. The van der Waals surface area contributed by atoms with E-state index in [2.05, 4.69) is 20.9 Å². The first-order chi connectivity index (χ1) is 8.58. The summed E-state index contributed by atoms with van der Waals surface area (Å²) in [6.07, 6.45) is 2.38. The van der Waals surface area contributed by atoms with E-state index in [0.717, 1.165) is 6.20 Å². The highest BCUT2D eigenvalue weighted by atomic mass is 79.9. The van der Waals surface area contributed by atoms with Gasteiger partial charge in [-0.2, -0.15) is 8.78 Å². The zero-order chi connectivity index (χ0) is 13.1. The number of halogens is 4. The largest absolute Gasteiger partial charge is 0.483 e. The van der Waals surface area contributed by atoms with Crippen LogP contribution in [0.1, 0.15) is 12.4 Å². The summed E-state index contributed by atoms with van der Waals surface area (Å²) < 4.78 is 44.8. The van der Waals surface area contributed by atoms with Crippen molar-refractivity contribution in [3.8, 4) is 5.75 Å². The Labute approximate surface area is 109 Å². The number of ether oxygens (including phenoxy) is 1. The summed E-state index contributed by atoms with van der Waals surface area (Å²) in [6, 6.07) is 4.16. The van der Waals surface area contributed by atoms with Crippen LogP contribution in [0, 0.1) is 5.82 Å². The maximum atomic E-state index is 13.3. The van der Waals surface area contributed by atoms with E-state index in [4.69, 9.17) is 4.74 Å². The number of nitrogens with zero attached hydrogens (tertiary/aromatic N) is 2. The zero-order valence-corrected chi connectivity index (χ0v) is 10.6. The van der Waals surface area contributed by atoms with Crippen molar-refractivity contribution >= 4 is 15.9 Å². The van der Waals surface area contributed by atoms with Gasteiger partial charge in [-0.1, -0.05) is 15.9 Å². The lowest BCUT2D eigenvalue weighted by molar-refractivity contribution is 0.0631. The lowest BCUT2D eigenvalue weighted by Gasteiger charge is -2.09. The third-order valence-corrected chi connectivity index (χ3v) is 2.70. The van der Waals surface area contributed by atoms with Crippen molar-refractivity contribution in [2.24, 2.45) is 0 Å². The summed E-state index contributed by atoms with van der Waals surface area (Å²) in [7, 11) is 0. The molecule has 1 aromatic carbocycles. The highest BCUT2D eigenvalue weighted by Gasteiger charge is 2.12. The Balaban J connectivity index is 2.11. The fourth-order valence-electron chi connectivity index (χ4n) is 1.36. The third kappa shape index (κ3) is 2.84. The monoisotopic (exact) mass is 320 g/mol. The van der Waals surface area contributed by atoms with E-state index in [1.807, 2.05) is 0 Å². The molecule has 0 N–H and O–H groups in total. The van der Waals surface area contributed by atoms with E-state index in [1.54, 1.807) is 0 Å². The van der Waals surface area contributed by atoms with Crippen LogP contribution in [0.5, 0.6) is 5.75 Å². The van der Waals surface area contributed by atoms with Gasteiger partial charge in [0.25, 0.3) is 0 Å². The summed E-state index contributed by atoms with van der Waals surface area (Å²) in [5, 5.41) is 0. The van der Waals surface area contributed by atoms with Crippen molar-refractivity contribution in [3.63, 3.8) is 0 Å². The number of hydrogen-bond donors (Lipinski definition) is 0. The second-order valence-corrected chi connectivity index (χ2v) is 4.31. The van der Waals surface area contributed by atoms with E-state index < -0.39 is 12.4 Å². The van der Waals surface area contributed by atoms with Crippen LogP contribution < -0.4 is 4.74 Å². The predicted octanol–water partition coefficient (Wildman–Crippen LogP) is 3.76. The molecule has 0 aliphatic rings. The van der Waals surface area contributed by atoms with Crippen molar-refractivity contribution in [1.29, 1.82) is 0 Å². The van der Waals surface area contributed by atoms with Crippen molar-refractivity contribution in [2.45, 2.75) is 13.2 Å². The van der Waals surface area contributed by atoms with E-state index in [-0.39, 0.29) is 18.2 Å². The van der Waals surface area contributed by atoms with E-state index >= 15 is 0 Å². The second kappa shape index (κ2) is 5.43.